The number of carbonyl (C=O) groups excluding carboxylic acids is 1. The van der Waals surface area contributed by atoms with Crippen LogP contribution in [0.1, 0.15) is 11.1 Å². The lowest BCUT2D eigenvalue weighted by Crippen LogP contribution is -2.30. The van der Waals surface area contributed by atoms with Crippen LogP contribution in [0.25, 0.3) is 0 Å². The first-order valence-electron chi connectivity index (χ1n) is 6.47. The third-order valence-corrected chi connectivity index (χ3v) is 4.26. The van der Waals surface area contributed by atoms with Gasteiger partial charge in [-0.15, -0.1) is 0 Å². The van der Waals surface area contributed by atoms with Crippen molar-refractivity contribution in [3.05, 3.63) is 64.7 Å². The molecule has 0 fully saturated rings. The van der Waals surface area contributed by atoms with E-state index in [0.29, 0.717) is 9.57 Å². The Kier molecular flexibility index (Phi) is 4.26. The molecular formula is C16H12ClIN2O. The number of carbonyl (C=O) groups is 1. The molecule has 0 saturated carbocycles. The Morgan fingerprint density at radius 1 is 1.19 bits per heavy atom. The molecule has 3 rings (SSSR count). The molecule has 0 saturated heterocycles. The summed E-state index contributed by atoms with van der Waals surface area (Å²) in [5, 5.41) is 0.639. The zero-order chi connectivity index (χ0) is 14.8. The van der Waals surface area contributed by atoms with Gasteiger partial charge in [0.2, 0.25) is 5.91 Å². The molecule has 2 aromatic rings. The van der Waals surface area contributed by atoms with E-state index in [1.807, 2.05) is 42.5 Å². The Morgan fingerprint density at radius 3 is 2.67 bits per heavy atom. The number of nitrogens with zero attached hydrogens (tertiary/aromatic N) is 2. The van der Waals surface area contributed by atoms with Crippen LogP contribution in [0.4, 0.5) is 5.69 Å². The number of hydrogen-bond acceptors (Lipinski definition) is 2. The lowest BCUT2D eigenvalue weighted by atomic mass is 10.0. The number of amides is 1. The van der Waals surface area contributed by atoms with Crippen molar-refractivity contribution < 1.29 is 4.79 Å². The van der Waals surface area contributed by atoms with Crippen LogP contribution in [-0.2, 0) is 4.79 Å². The van der Waals surface area contributed by atoms with Crippen molar-refractivity contribution in [2.45, 2.75) is 0 Å². The molecule has 21 heavy (non-hydrogen) atoms. The van der Waals surface area contributed by atoms with Gasteiger partial charge in [-0.3, -0.25) is 9.79 Å². The fraction of sp³-hybridized carbons (Fsp3) is 0.125. The van der Waals surface area contributed by atoms with Crippen molar-refractivity contribution in [3.8, 4) is 0 Å². The highest BCUT2D eigenvalue weighted by molar-refractivity contribution is 14.1. The summed E-state index contributed by atoms with van der Waals surface area (Å²) in [5.74, 6) is -0.00102. The predicted octanol–water partition coefficient (Wildman–Crippen LogP) is 3.92. The molecule has 0 N–H and O–H groups in total. The molecule has 0 unspecified atom stereocenters. The summed E-state index contributed by atoms with van der Waals surface area (Å²) < 4.78 is 0.586. The van der Waals surface area contributed by atoms with E-state index in [0.717, 1.165) is 22.5 Å². The van der Waals surface area contributed by atoms with Crippen molar-refractivity contribution in [1.29, 1.82) is 0 Å². The fourth-order valence-corrected chi connectivity index (χ4v) is 3.28. The number of hydrogen-bond donors (Lipinski definition) is 0. The van der Waals surface area contributed by atoms with Gasteiger partial charge in [-0.1, -0.05) is 64.5 Å². The minimum atomic E-state index is -0.00102. The molecule has 0 spiro atoms. The zero-order valence-electron chi connectivity index (χ0n) is 11.1. The number of aliphatic imine (C=N–C) groups is 1. The molecule has 0 radical (unpaired) electrons. The van der Waals surface area contributed by atoms with Crippen LogP contribution in [0.2, 0.25) is 5.02 Å². The van der Waals surface area contributed by atoms with Gasteiger partial charge in [-0.25, -0.2) is 0 Å². The monoisotopic (exact) mass is 410 g/mol. The Morgan fingerprint density at radius 2 is 1.95 bits per heavy atom. The number of benzene rings is 2. The molecule has 1 amide bonds. The number of rotatable bonds is 2. The Labute approximate surface area is 141 Å². The molecule has 0 atom stereocenters. The Hall–Kier alpha value is -1.40. The SMILES string of the molecule is O=C1CN=C(c2ccccc2)c2cc(Cl)ccc2N1CI. The molecule has 1 heterocycles. The number of alkyl halides is 1. The number of halogens is 2. The first-order valence-corrected chi connectivity index (χ1v) is 8.37. The molecule has 5 heteroatoms. The Balaban J connectivity index is 2.22. The van der Waals surface area contributed by atoms with Gasteiger partial charge < -0.3 is 4.90 Å². The first-order chi connectivity index (χ1) is 10.2. The van der Waals surface area contributed by atoms with E-state index in [1.54, 1.807) is 11.0 Å². The summed E-state index contributed by atoms with van der Waals surface area (Å²) in [4.78, 5) is 18.5. The second-order valence-electron chi connectivity index (χ2n) is 4.63. The largest absolute Gasteiger partial charge is 0.300 e. The van der Waals surface area contributed by atoms with Gasteiger partial charge in [0, 0.05) is 16.1 Å². The lowest BCUT2D eigenvalue weighted by molar-refractivity contribution is -0.116. The van der Waals surface area contributed by atoms with Gasteiger partial charge >= 0.3 is 0 Å². The summed E-state index contributed by atoms with van der Waals surface area (Å²) in [7, 11) is 0. The number of benzodiazepines with no additional fused rings is 1. The Bertz CT molecular complexity index is 715. The van der Waals surface area contributed by atoms with Crippen LogP contribution in [-0.4, -0.2) is 22.7 Å². The summed E-state index contributed by atoms with van der Waals surface area (Å²) in [6.07, 6.45) is 0. The summed E-state index contributed by atoms with van der Waals surface area (Å²) in [5.41, 5.74) is 3.56. The van der Waals surface area contributed by atoms with Crippen molar-refractivity contribution in [1.82, 2.24) is 0 Å². The van der Waals surface area contributed by atoms with Gasteiger partial charge in [0.25, 0.3) is 0 Å². The van der Waals surface area contributed by atoms with Crippen LogP contribution < -0.4 is 4.90 Å². The van der Waals surface area contributed by atoms with Crippen molar-refractivity contribution in [2.75, 3.05) is 16.0 Å². The molecule has 1 aliphatic rings. The summed E-state index contributed by atoms with van der Waals surface area (Å²) in [6, 6.07) is 15.4. The molecule has 0 aliphatic carbocycles. The third kappa shape index (κ3) is 2.82. The molecule has 3 nitrogen and oxygen atoms in total. The minimum absolute atomic E-state index is 0.00102. The lowest BCUT2D eigenvalue weighted by Gasteiger charge is -2.20. The predicted molar refractivity (Wildman–Crippen MR) is 94.8 cm³/mol. The minimum Gasteiger partial charge on any atom is -0.300 e. The van der Waals surface area contributed by atoms with E-state index in [1.165, 1.54) is 0 Å². The maximum atomic E-state index is 12.3. The van der Waals surface area contributed by atoms with Crippen LogP contribution in [0.3, 0.4) is 0 Å². The van der Waals surface area contributed by atoms with Crippen LogP contribution in [0.15, 0.2) is 53.5 Å². The number of fused-ring (bicyclic) bond motifs is 1. The average molecular weight is 411 g/mol. The molecular weight excluding hydrogens is 399 g/mol. The second kappa shape index (κ2) is 6.15. The van der Waals surface area contributed by atoms with Crippen molar-refractivity contribution >= 4 is 51.5 Å². The van der Waals surface area contributed by atoms with Gasteiger partial charge in [0.05, 0.1) is 16.0 Å². The van der Waals surface area contributed by atoms with E-state index in [9.17, 15) is 4.79 Å². The second-order valence-corrected chi connectivity index (χ2v) is 5.75. The highest BCUT2D eigenvalue weighted by Gasteiger charge is 2.24. The molecule has 1 aliphatic heterocycles. The first kappa shape index (κ1) is 14.5. The molecule has 0 bridgehead atoms. The maximum Gasteiger partial charge on any atom is 0.249 e. The van der Waals surface area contributed by atoms with E-state index in [2.05, 4.69) is 27.6 Å². The molecule has 2 aromatic carbocycles. The van der Waals surface area contributed by atoms with Crippen molar-refractivity contribution in [2.24, 2.45) is 4.99 Å². The standard InChI is InChI=1S/C16H12ClIN2O/c17-12-6-7-14-13(8-12)16(11-4-2-1-3-5-11)19-9-15(21)20(14)10-18/h1-8H,9-10H2. The van der Waals surface area contributed by atoms with Crippen LogP contribution in [0.5, 0.6) is 0 Å². The van der Waals surface area contributed by atoms with Crippen molar-refractivity contribution in [3.63, 3.8) is 0 Å². The van der Waals surface area contributed by atoms with Crippen LogP contribution >= 0.6 is 34.2 Å². The quantitative estimate of drug-likeness (QED) is 0.420. The van der Waals surface area contributed by atoms with E-state index in [-0.39, 0.29) is 12.5 Å². The van der Waals surface area contributed by atoms with Crippen LogP contribution in [0, 0.1) is 0 Å². The molecule has 106 valence electrons. The van der Waals surface area contributed by atoms with Gasteiger partial charge in [0.1, 0.15) is 6.54 Å². The molecule has 0 aromatic heterocycles. The number of anilines is 1. The third-order valence-electron chi connectivity index (χ3n) is 3.34. The summed E-state index contributed by atoms with van der Waals surface area (Å²) in [6.45, 7) is 0.152. The topological polar surface area (TPSA) is 32.7 Å². The van der Waals surface area contributed by atoms with Gasteiger partial charge in [-0.05, 0) is 18.2 Å². The van der Waals surface area contributed by atoms with E-state index in [4.69, 9.17) is 11.6 Å². The van der Waals surface area contributed by atoms with Gasteiger partial charge in [-0.2, -0.15) is 0 Å². The highest BCUT2D eigenvalue weighted by Crippen LogP contribution is 2.30. The van der Waals surface area contributed by atoms with E-state index < -0.39 is 0 Å². The maximum absolute atomic E-state index is 12.3. The average Bonchev–Trinajstić information content (AvgIpc) is 2.64. The van der Waals surface area contributed by atoms with E-state index >= 15 is 0 Å². The smallest absolute Gasteiger partial charge is 0.249 e. The normalized spacial score (nSPS) is 14.5. The fourth-order valence-electron chi connectivity index (χ4n) is 2.36. The summed E-state index contributed by atoms with van der Waals surface area (Å²) >= 11 is 8.34. The highest BCUT2D eigenvalue weighted by atomic mass is 127. The zero-order valence-corrected chi connectivity index (χ0v) is 14.0. The van der Waals surface area contributed by atoms with Gasteiger partial charge in [0.15, 0.2) is 0 Å².